The van der Waals surface area contributed by atoms with Gasteiger partial charge in [0, 0.05) is 28.6 Å². The molecule has 2 aliphatic heterocycles. The Balaban J connectivity index is 1.78. The summed E-state index contributed by atoms with van der Waals surface area (Å²) in [5.41, 5.74) is 0. The highest BCUT2D eigenvalue weighted by Crippen LogP contribution is 2.37. The number of allylic oxidation sites excluding steroid dienone is 3. The minimum absolute atomic E-state index is 0.821. The van der Waals surface area contributed by atoms with Gasteiger partial charge in [0.25, 0.3) is 0 Å². The maximum Gasteiger partial charge on any atom is 0.0517 e. The van der Waals surface area contributed by atoms with Gasteiger partial charge in [-0.05, 0) is 32.7 Å². The van der Waals surface area contributed by atoms with Crippen LogP contribution in [0.3, 0.4) is 0 Å². The summed E-state index contributed by atoms with van der Waals surface area (Å²) < 4.78 is 2.04. The molecule has 0 N–H and O–H groups in total. The van der Waals surface area contributed by atoms with E-state index in [1.165, 1.54) is 41.8 Å². The number of halogens is 1. The van der Waals surface area contributed by atoms with Crippen LogP contribution >= 0.6 is 39.5 Å². The van der Waals surface area contributed by atoms with E-state index in [0.717, 1.165) is 17.2 Å². The summed E-state index contributed by atoms with van der Waals surface area (Å²) in [5, 5.41) is 0. The molecular weight excluding hydrogens is 326 g/mol. The Morgan fingerprint density at radius 3 is 2.89 bits per heavy atom. The third kappa shape index (κ3) is 4.62. The lowest BCUT2D eigenvalue weighted by Gasteiger charge is -2.25. The summed E-state index contributed by atoms with van der Waals surface area (Å²) in [6.07, 6.45) is 10.7. The third-order valence-electron chi connectivity index (χ3n) is 3.55. The lowest BCUT2D eigenvalue weighted by molar-refractivity contribution is 0.274. The van der Waals surface area contributed by atoms with Gasteiger partial charge in [-0.1, -0.05) is 34.2 Å². The summed E-state index contributed by atoms with van der Waals surface area (Å²) in [5.74, 6) is 2.71. The molecule has 1 atom stereocenters. The molecule has 2 fully saturated rings. The average molecular weight is 348 g/mol. The predicted molar refractivity (Wildman–Crippen MR) is 89.7 cm³/mol. The van der Waals surface area contributed by atoms with E-state index in [4.69, 9.17) is 0 Å². The zero-order valence-corrected chi connectivity index (χ0v) is 14.2. The predicted octanol–water partition coefficient (Wildman–Crippen LogP) is 4.50. The summed E-state index contributed by atoms with van der Waals surface area (Å²) >= 11 is 7.85. The lowest BCUT2D eigenvalue weighted by Crippen LogP contribution is -2.31. The summed E-state index contributed by atoms with van der Waals surface area (Å²) in [7, 11) is 0. The molecule has 1 nitrogen and oxygen atoms in total. The van der Waals surface area contributed by atoms with Crippen molar-refractivity contribution in [1.29, 1.82) is 0 Å². The molecule has 0 bridgehead atoms. The van der Waals surface area contributed by atoms with Crippen LogP contribution in [0.4, 0.5) is 0 Å². The van der Waals surface area contributed by atoms with Crippen molar-refractivity contribution in [1.82, 2.24) is 4.90 Å². The minimum Gasteiger partial charge on any atom is -0.297 e. The van der Waals surface area contributed by atoms with E-state index in [0.29, 0.717) is 0 Å². The van der Waals surface area contributed by atoms with Crippen LogP contribution in [0.15, 0.2) is 22.7 Å². The van der Waals surface area contributed by atoms with Crippen LogP contribution in [0, 0.1) is 0 Å². The van der Waals surface area contributed by atoms with Crippen LogP contribution in [0.5, 0.6) is 0 Å². The molecule has 1 unspecified atom stereocenters. The van der Waals surface area contributed by atoms with Gasteiger partial charge in [-0.25, -0.2) is 0 Å². The maximum atomic E-state index is 3.52. The molecule has 0 aromatic carbocycles. The fraction of sp³-hybridized carbons (Fsp3) is 0.714. The van der Waals surface area contributed by atoms with Crippen LogP contribution in [0.1, 0.15) is 26.2 Å². The van der Waals surface area contributed by atoms with Crippen molar-refractivity contribution in [3.05, 3.63) is 22.7 Å². The Kier molecular flexibility index (Phi) is 6.70. The van der Waals surface area contributed by atoms with Crippen LogP contribution < -0.4 is 0 Å². The first-order valence-electron chi connectivity index (χ1n) is 6.75. The second-order valence-corrected chi connectivity index (χ2v) is 8.61. The zero-order valence-electron chi connectivity index (χ0n) is 11.0. The van der Waals surface area contributed by atoms with Crippen molar-refractivity contribution in [2.24, 2.45) is 0 Å². The van der Waals surface area contributed by atoms with Gasteiger partial charge < -0.3 is 0 Å². The quantitative estimate of drug-likeness (QED) is 0.674. The first-order chi connectivity index (χ1) is 8.79. The number of hydrogen-bond donors (Lipinski definition) is 0. The van der Waals surface area contributed by atoms with Gasteiger partial charge >= 0.3 is 0 Å². The van der Waals surface area contributed by atoms with E-state index in [1.807, 2.05) is 0 Å². The second kappa shape index (κ2) is 8.03. The molecule has 0 radical (unpaired) electrons. The van der Waals surface area contributed by atoms with E-state index in [2.05, 4.69) is 69.5 Å². The van der Waals surface area contributed by atoms with Crippen molar-refractivity contribution in [3.63, 3.8) is 0 Å². The summed E-state index contributed by atoms with van der Waals surface area (Å²) in [6, 6.07) is 0.821. The molecule has 0 spiro atoms. The lowest BCUT2D eigenvalue weighted by atomic mass is 10.1. The first-order valence-corrected chi connectivity index (χ1v) is 9.64. The van der Waals surface area contributed by atoms with Crippen molar-refractivity contribution >= 4 is 39.5 Å². The second-order valence-electron chi connectivity index (χ2n) is 4.77. The third-order valence-corrected chi connectivity index (χ3v) is 7.35. The SMILES string of the molecule is C/C=C(Br)/C=C/CN1CCCC1CC1SCCS1. The number of thioether (sulfide) groups is 2. The van der Waals surface area contributed by atoms with Crippen molar-refractivity contribution < 1.29 is 0 Å². The molecule has 102 valence electrons. The summed E-state index contributed by atoms with van der Waals surface area (Å²) in [6.45, 7) is 4.45. The Labute approximate surface area is 128 Å². The smallest absolute Gasteiger partial charge is 0.0517 e. The normalized spacial score (nSPS) is 27.7. The number of nitrogens with zero attached hydrogens (tertiary/aromatic N) is 1. The fourth-order valence-corrected chi connectivity index (χ4v) is 5.73. The number of likely N-dealkylation sites (tertiary alicyclic amines) is 1. The minimum atomic E-state index is 0.821. The van der Waals surface area contributed by atoms with Crippen molar-refractivity contribution in [3.8, 4) is 0 Å². The van der Waals surface area contributed by atoms with E-state index in [-0.39, 0.29) is 0 Å². The number of rotatable bonds is 5. The van der Waals surface area contributed by atoms with Crippen LogP contribution in [0.2, 0.25) is 0 Å². The average Bonchev–Trinajstić information content (AvgIpc) is 3.02. The Morgan fingerprint density at radius 2 is 2.17 bits per heavy atom. The van der Waals surface area contributed by atoms with Gasteiger partial charge in [0.2, 0.25) is 0 Å². The topological polar surface area (TPSA) is 3.24 Å². The van der Waals surface area contributed by atoms with Crippen molar-refractivity contribution in [2.75, 3.05) is 24.6 Å². The molecular formula is C14H22BrNS2. The Bertz CT molecular complexity index is 311. The molecule has 0 aromatic rings. The van der Waals surface area contributed by atoms with Gasteiger partial charge in [0.1, 0.15) is 0 Å². The monoisotopic (exact) mass is 347 g/mol. The van der Waals surface area contributed by atoms with Crippen LogP contribution in [-0.4, -0.2) is 40.1 Å². The van der Waals surface area contributed by atoms with Gasteiger partial charge in [0.05, 0.1) is 4.58 Å². The Hall–Kier alpha value is 0.620. The molecule has 0 saturated carbocycles. The van der Waals surface area contributed by atoms with E-state index < -0.39 is 0 Å². The first kappa shape index (κ1) is 15.0. The van der Waals surface area contributed by atoms with Gasteiger partial charge in [-0.15, -0.1) is 23.5 Å². The highest BCUT2D eigenvalue weighted by Gasteiger charge is 2.28. The standard InChI is InChI=1S/C14H22BrNS2/c1-2-12(15)5-3-7-16-8-4-6-13(16)11-14-17-9-10-18-14/h2-3,5,13-14H,4,6-11H2,1H3/b5-3+,12-2-. The molecule has 0 aromatic heterocycles. The van der Waals surface area contributed by atoms with Crippen LogP contribution in [-0.2, 0) is 0 Å². The highest BCUT2D eigenvalue weighted by molar-refractivity contribution is 9.11. The Morgan fingerprint density at radius 1 is 1.39 bits per heavy atom. The maximum absolute atomic E-state index is 3.52. The van der Waals surface area contributed by atoms with Gasteiger partial charge in [0.15, 0.2) is 0 Å². The molecule has 4 heteroatoms. The summed E-state index contributed by atoms with van der Waals surface area (Å²) in [4.78, 5) is 2.66. The van der Waals surface area contributed by atoms with Crippen molar-refractivity contribution in [2.45, 2.75) is 36.8 Å². The molecule has 2 heterocycles. The molecule has 2 saturated heterocycles. The van der Waals surface area contributed by atoms with Gasteiger partial charge in [-0.2, -0.15) is 0 Å². The molecule has 0 aliphatic carbocycles. The zero-order chi connectivity index (χ0) is 12.8. The fourth-order valence-electron chi connectivity index (χ4n) is 2.56. The number of hydrogen-bond acceptors (Lipinski definition) is 3. The van der Waals surface area contributed by atoms with Crippen LogP contribution in [0.25, 0.3) is 0 Å². The van der Waals surface area contributed by atoms with Gasteiger partial charge in [-0.3, -0.25) is 4.90 Å². The van der Waals surface area contributed by atoms with E-state index >= 15 is 0 Å². The highest BCUT2D eigenvalue weighted by atomic mass is 79.9. The largest absolute Gasteiger partial charge is 0.297 e. The molecule has 18 heavy (non-hydrogen) atoms. The van der Waals surface area contributed by atoms with E-state index in [9.17, 15) is 0 Å². The molecule has 2 rings (SSSR count). The molecule has 0 amide bonds. The van der Waals surface area contributed by atoms with E-state index in [1.54, 1.807) is 0 Å². The molecule has 2 aliphatic rings.